The van der Waals surface area contributed by atoms with Gasteiger partial charge in [0.1, 0.15) is 5.60 Å². The van der Waals surface area contributed by atoms with Crippen LogP contribution in [0.1, 0.15) is 20.8 Å². The fourth-order valence-corrected chi connectivity index (χ4v) is 1.53. The molecule has 7 heteroatoms. The molecule has 1 heterocycles. The number of hydrogen-bond donors (Lipinski definition) is 1. The summed E-state index contributed by atoms with van der Waals surface area (Å²) in [6.45, 7) is 5.10. The number of nitrogens with zero attached hydrogens (tertiary/aromatic N) is 2. The van der Waals surface area contributed by atoms with Crippen LogP contribution in [0.15, 0.2) is 33.6 Å². The number of ether oxygens (including phenoxy) is 1. The van der Waals surface area contributed by atoms with E-state index in [1.807, 2.05) is 0 Å². The third-order valence-electron chi connectivity index (χ3n) is 2.35. The lowest BCUT2D eigenvalue weighted by molar-refractivity contribution is 0.0528. The van der Waals surface area contributed by atoms with Crippen LogP contribution in [0, 0.1) is 0 Å². The van der Waals surface area contributed by atoms with Gasteiger partial charge in [-0.15, -0.1) is 0 Å². The summed E-state index contributed by atoms with van der Waals surface area (Å²) in [4.78, 5) is 23.6. The maximum absolute atomic E-state index is 12.0. The summed E-state index contributed by atoms with van der Waals surface area (Å²) in [5.41, 5.74) is 5.94. The van der Waals surface area contributed by atoms with Gasteiger partial charge in [0.15, 0.2) is 5.82 Å². The van der Waals surface area contributed by atoms with E-state index in [2.05, 4.69) is 9.68 Å². The first-order valence-electron chi connectivity index (χ1n) is 5.96. The second-order valence-electron chi connectivity index (χ2n) is 5.21. The number of carbonyl (C=O) groups is 1. The van der Waals surface area contributed by atoms with E-state index in [9.17, 15) is 9.59 Å². The number of nitrogens with two attached hydrogens (primary N) is 1. The minimum Gasteiger partial charge on any atom is -0.443 e. The van der Waals surface area contributed by atoms with Crippen molar-refractivity contribution in [3.8, 4) is 11.4 Å². The predicted octanol–water partition coefficient (Wildman–Crippen LogP) is 1.87. The van der Waals surface area contributed by atoms with Crippen molar-refractivity contribution in [2.45, 2.75) is 26.4 Å². The van der Waals surface area contributed by atoms with Crippen LogP contribution in [0.3, 0.4) is 0 Å². The van der Waals surface area contributed by atoms with Crippen LogP contribution in [0.5, 0.6) is 0 Å². The number of anilines is 1. The van der Waals surface area contributed by atoms with Crippen LogP contribution >= 0.6 is 0 Å². The van der Waals surface area contributed by atoms with Gasteiger partial charge < -0.3 is 10.5 Å². The van der Waals surface area contributed by atoms with Crippen molar-refractivity contribution in [1.29, 1.82) is 0 Å². The average molecular weight is 277 g/mol. The van der Waals surface area contributed by atoms with Gasteiger partial charge in [-0.3, -0.25) is 4.52 Å². The molecule has 2 aromatic rings. The Morgan fingerprint density at radius 2 is 1.90 bits per heavy atom. The summed E-state index contributed by atoms with van der Waals surface area (Å²) < 4.78 is 10.4. The minimum absolute atomic E-state index is 0.0734. The Kier molecular flexibility index (Phi) is 3.35. The fraction of sp³-hybridized carbons (Fsp3) is 0.308. The van der Waals surface area contributed by atoms with E-state index in [0.29, 0.717) is 11.3 Å². The lowest BCUT2D eigenvalue weighted by Crippen LogP contribution is -2.32. The molecule has 0 saturated carbocycles. The molecule has 2 N–H and O–H groups in total. The molecule has 0 spiro atoms. The van der Waals surface area contributed by atoms with Gasteiger partial charge in [0, 0.05) is 11.3 Å². The molecular weight excluding hydrogens is 262 g/mol. The zero-order chi connectivity index (χ0) is 14.9. The molecule has 0 amide bonds. The Morgan fingerprint density at radius 3 is 2.45 bits per heavy atom. The topological polar surface area (TPSA) is 100 Å². The van der Waals surface area contributed by atoms with E-state index in [1.54, 1.807) is 45.0 Å². The first-order chi connectivity index (χ1) is 9.28. The smallest absolute Gasteiger partial charge is 0.443 e. The molecule has 2 rings (SSSR count). The number of nitrogen functional groups attached to an aromatic ring is 1. The van der Waals surface area contributed by atoms with Crippen LogP contribution in [0.2, 0.25) is 0 Å². The Hall–Kier alpha value is -2.57. The molecule has 0 radical (unpaired) electrons. The molecule has 0 atom stereocenters. The van der Waals surface area contributed by atoms with Crippen LogP contribution in [0.4, 0.5) is 10.5 Å². The maximum atomic E-state index is 12.0. The van der Waals surface area contributed by atoms with Crippen molar-refractivity contribution >= 4 is 11.8 Å². The molecule has 106 valence electrons. The third-order valence-corrected chi connectivity index (χ3v) is 2.35. The molecule has 0 aliphatic heterocycles. The third kappa shape index (κ3) is 2.87. The number of aromatic nitrogens is 2. The van der Waals surface area contributed by atoms with Crippen LogP contribution in [-0.2, 0) is 4.74 Å². The van der Waals surface area contributed by atoms with Gasteiger partial charge in [-0.25, -0.2) is 9.59 Å². The molecule has 0 aliphatic carbocycles. The molecule has 0 unspecified atom stereocenters. The average Bonchev–Trinajstić information content (AvgIpc) is 2.70. The summed E-state index contributed by atoms with van der Waals surface area (Å²) in [6, 6.07) is 6.53. The second-order valence-corrected chi connectivity index (χ2v) is 5.21. The maximum Gasteiger partial charge on any atom is 0.451 e. The molecule has 20 heavy (non-hydrogen) atoms. The molecule has 1 aromatic carbocycles. The zero-order valence-electron chi connectivity index (χ0n) is 11.4. The summed E-state index contributed by atoms with van der Waals surface area (Å²) in [5, 5.41) is 3.60. The largest absolute Gasteiger partial charge is 0.451 e. The second kappa shape index (κ2) is 4.84. The Morgan fingerprint density at radius 1 is 1.30 bits per heavy atom. The number of carbonyl (C=O) groups excluding carboxylic acids is 1. The lowest BCUT2D eigenvalue weighted by Gasteiger charge is -2.19. The highest BCUT2D eigenvalue weighted by Gasteiger charge is 2.24. The van der Waals surface area contributed by atoms with E-state index < -0.39 is 17.5 Å². The van der Waals surface area contributed by atoms with Gasteiger partial charge in [0.2, 0.25) is 0 Å². The highest BCUT2D eigenvalue weighted by molar-refractivity contribution is 5.76. The summed E-state index contributed by atoms with van der Waals surface area (Å²) in [5.74, 6) is -0.824. The van der Waals surface area contributed by atoms with E-state index >= 15 is 0 Å². The Balaban J connectivity index is 2.45. The zero-order valence-corrected chi connectivity index (χ0v) is 11.4. The van der Waals surface area contributed by atoms with Gasteiger partial charge in [-0.1, -0.05) is 5.16 Å². The molecule has 0 fully saturated rings. The number of rotatable bonds is 1. The first kappa shape index (κ1) is 13.9. The molecule has 0 saturated heterocycles. The van der Waals surface area contributed by atoms with Crippen LogP contribution in [0.25, 0.3) is 11.4 Å². The van der Waals surface area contributed by atoms with Crippen molar-refractivity contribution in [2.24, 2.45) is 0 Å². The fourth-order valence-electron chi connectivity index (χ4n) is 1.53. The Bertz CT molecular complexity index is 677. The van der Waals surface area contributed by atoms with Crippen molar-refractivity contribution in [2.75, 3.05) is 5.73 Å². The van der Waals surface area contributed by atoms with E-state index in [4.69, 9.17) is 10.5 Å². The predicted molar refractivity (Wildman–Crippen MR) is 72.2 cm³/mol. The van der Waals surface area contributed by atoms with Gasteiger partial charge in [0.25, 0.3) is 0 Å². The van der Waals surface area contributed by atoms with E-state index in [0.717, 1.165) is 4.57 Å². The van der Waals surface area contributed by atoms with Crippen molar-refractivity contribution < 1.29 is 14.1 Å². The highest BCUT2D eigenvalue weighted by atomic mass is 16.6. The highest BCUT2D eigenvalue weighted by Crippen LogP contribution is 2.18. The summed E-state index contributed by atoms with van der Waals surface area (Å²) >= 11 is 0. The summed E-state index contributed by atoms with van der Waals surface area (Å²) in [6.07, 6.45) is -0.837. The molecular formula is C13H15N3O4. The number of hydrogen-bond acceptors (Lipinski definition) is 6. The van der Waals surface area contributed by atoms with E-state index in [1.165, 1.54) is 0 Å². The van der Waals surface area contributed by atoms with Crippen LogP contribution in [-0.4, -0.2) is 21.4 Å². The SMILES string of the molecule is CC(C)(C)OC(=O)n1c(-c2ccc(N)cc2)noc1=O. The van der Waals surface area contributed by atoms with Gasteiger partial charge in [0.05, 0.1) is 0 Å². The minimum atomic E-state index is -0.897. The standard InChI is InChI=1S/C13H15N3O4/c1-13(2,3)19-11(17)16-10(15-20-12(16)18)8-4-6-9(14)7-5-8/h4-7H,14H2,1-3H3. The normalized spacial score (nSPS) is 11.3. The molecule has 7 nitrogen and oxygen atoms in total. The van der Waals surface area contributed by atoms with Crippen molar-refractivity contribution in [3.63, 3.8) is 0 Å². The lowest BCUT2D eigenvalue weighted by atomic mass is 10.2. The quantitative estimate of drug-likeness (QED) is 0.798. The molecule has 0 bridgehead atoms. The Labute approximate surface area is 114 Å². The number of benzene rings is 1. The van der Waals surface area contributed by atoms with Crippen LogP contribution < -0.4 is 11.5 Å². The summed E-state index contributed by atoms with van der Waals surface area (Å²) in [7, 11) is 0. The molecule has 0 aliphatic rings. The van der Waals surface area contributed by atoms with Gasteiger partial charge in [-0.05, 0) is 45.0 Å². The van der Waals surface area contributed by atoms with E-state index in [-0.39, 0.29) is 5.82 Å². The monoisotopic (exact) mass is 277 g/mol. The van der Waals surface area contributed by atoms with Crippen molar-refractivity contribution in [3.05, 3.63) is 34.8 Å². The van der Waals surface area contributed by atoms with Gasteiger partial charge in [-0.2, -0.15) is 4.57 Å². The van der Waals surface area contributed by atoms with Gasteiger partial charge >= 0.3 is 11.8 Å². The molecule has 1 aromatic heterocycles. The first-order valence-corrected chi connectivity index (χ1v) is 5.96. The van der Waals surface area contributed by atoms with Crippen molar-refractivity contribution in [1.82, 2.24) is 9.72 Å².